The molecule has 0 spiro atoms. The van der Waals surface area contributed by atoms with Crippen LogP contribution in [0, 0.1) is 30.1 Å². The topological polar surface area (TPSA) is 60.0 Å². The fourth-order valence-corrected chi connectivity index (χ4v) is 3.27. The Labute approximate surface area is 156 Å². The van der Waals surface area contributed by atoms with E-state index in [1.54, 1.807) is 6.21 Å². The van der Waals surface area contributed by atoms with Crippen molar-refractivity contribution in [3.05, 3.63) is 34.9 Å². The molecule has 4 heteroatoms. The molecule has 0 bridgehead atoms. The van der Waals surface area contributed by atoms with E-state index in [1.807, 2.05) is 12.1 Å². The number of nitrogens with two attached hydrogens (primary N) is 1. The summed E-state index contributed by atoms with van der Waals surface area (Å²) in [7, 11) is 0. The minimum atomic E-state index is 0.176. The summed E-state index contributed by atoms with van der Waals surface area (Å²) >= 11 is 0. The Kier molecular flexibility index (Phi) is 5.78. The number of hydrazone groups is 1. The van der Waals surface area contributed by atoms with E-state index in [1.165, 1.54) is 12.8 Å². The van der Waals surface area contributed by atoms with Crippen LogP contribution in [0.4, 0.5) is 0 Å². The average molecular weight is 351 g/mol. The maximum atomic E-state index is 5.83. The van der Waals surface area contributed by atoms with E-state index in [4.69, 9.17) is 10.6 Å². The second-order valence-corrected chi connectivity index (χ2v) is 8.19. The number of hydrogen-bond acceptors (Lipinski definition) is 4. The molecule has 1 aliphatic heterocycles. The molecule has 1 saturated heterocycles. The van der Waals surface area contributed by atoms with Crippen LogP contribution in [-0.4, -0.2) is 31.2 Å². The highest BCUT2D eigenvalue weighted by atomic mass is 16.5. The lowest BCUT2D eigenvalue weighted by molar-refractivity contribution is -0.0298. The first-order valence-corrected chi connectivity index (χ1v) is 9.49. The molecule has 0 amide bonds. The molecule has 1 aromatic carbocycles. The second-order valence-electron chi connectivity index (χ2n) is 8.19. The lowest BCUT2D eigenvalue weighted by atomic mass is 9.82. The van der Waals surface area contributed by atoms with Crippen molar-refractivity contribution in [1.82, 2.24) is 0 Å². The summed E-state index contributed by atoms with van der Waals surface area (Å²) in [6.07, 6.45) is 6.57. The minimum absolute atomic E-state index is 0.176. The summed E-state index contributed by atoms with van der Waals surface area (Å²) in [6.45, 7) is 8.09. The number of aliphatic imine (C=N–C) groups is 1. The third-order valence-corrected chi connectivity index (χ3v) is 5.07. The predicted molar refractivity (Wildman–Crippen MR) is 108 cm³/mol. The molecule has 2 fully saturated rings. The van der Waals surface area contributed by atoms with E-state index < -0.39 is 0 Å². The number of rotatable bonds is 4. The van der Waals surface area contributed by atoms with Gasteiger partial charge >= 0.3 is 0 Å². The summed E-state index contributed by atoms with van der Waals surface area (Å²) in [4.78, 5) is 4.55. The summed E-state index contributed by atoms with van der Waals surface area (Å²) in [5.74, 6) is 12.8. The van der Waals surface area contributed by atoms with Gasteiger partial charge in [-0.3, -0.25) is 4.99 Å². The van der Waals surface area contributed by atoms with Gasteiger partial charge < -0.3 is 10.6 Å². The van der Waals surface area contributed by atoms with E-state index in [9.17, 15) is 0 Å². The van der Waals surface area contributed by atoms with Crippen LogP contribution >= 0.6 is 0 Å². The lowest BCUT2D eigenvalue weighted by Gasteiger charge is -2.34. The van der Waals surface area contributed by atoms with E-state index in [2.05, 4.69) is 48.8 Å². The molecule has 1 heterocycles. The zero-order valence-electron chi connectivity index (χ0n) is 16.1. The van der Waals surface area contributed by atoms with Gasteiger partial charge in [0.25, 0.3) is 0 Å². The molecule has 1 saturated carbocycles. The maximum Gasteiger partial charge on any atom is 0.108 e. The first kappa shape index (κ1) is 18.7. The average Bonchev–Trinajstić information content (AvgIpc) is 3.41. The molecule has 2 aliphatic rings. The maximum absolute atomic E-state index is 5.83. The van der Waals surface area contributed by atoms with E-state index in [0.29, 0.717) is 23.6 Å². The molecule has 1 aromatic rings. The van der Waals surface area contributed by atoms with Gasteiger partial charge in [-0.1, -0.05) is 31.8 Å². The number of nitrogens with zero attached hydrogens (tertiary/aromatic N) is 2. The van der Waals surface area contributed by atoms with Crippen LogP contribution in [0.25, 0.3) is 0 Å². The Hall–Kier alpha value is -2.12. The molecular formula is C22H29N3O. The zero-order chi connectivity index (χ0) is 18.6. The summed E-state index contributed by atoms with van der Waals surface area (Å²) in [6, 6.07) is 6.16. The van der Waals surface area contributed by atoms with Crippen LogP contribution in [0.1, 0.15) is 56.2 Å². The lowest BCUT2D eigenvalue weighted by Crippen LogP contribution is -2.33. The van der Waals surface area contributed by atoms with Crippen LogP contribution in [0.15, 0.2) is 28.3 Å². The third kappa shape index (κ3) is 5.19. The molecule has 0 aromatic heterocycles. The van der Waals surface area contributed by atoms with Crippen molar-refractivity contribution in [3.8, 4) is 11.8 Å². The Morgan fingerprint density at radius 2 is 2.19 bits per heavy atom. The monoisotopic (exact) mass is 351 g/mol. The highest BCUT2D eigenvalue weighted by Gasteiger charge is 2.28. The van der Waals surface area contributed by atoms with Gasteiger partial charge in [0.2, 0.25) is 0 Å². The van der Waals surface area contributed by atoms with Gasteiger partial charge in [-0.2, -0.15) is 5.10 Å². The van der Waals surface area contributed by atoms with Crippen molar-refractivity contribution in [1.29, 1.82) is 0 Å². The molecule has 1 aliphatic carbocycles. The molecule has 4 nitrogen and oxygen atoms in total. The first-order chi connectivity index (χ1) is 12.5. The van der Waals surface area contributed by atoms with Crippen LogP contribution in [-0.2, 0) is 4.74 Å². The Bertz CT molecular complexity index is 763. The first-order valence-electron chi connectivity index (χ1n) is 9.49. The van der Waals surface area contributed by atoms with Crippen LogP contribution in [0.5, 0.6) is 0 Å². The van der Waals surface area contributed by atoms with Gasteiger partial charge in [0.15, 0.2) is 0 Å². The van der Waals surface area contributed by atoms with E-state index >= 15 is 0 Å². The van der Waals surface area contributed by atoms with Gasteiger partial charge in [0.1, 0.15) is 5.71 Å². The van der Waals surface area contributed by atoms with Crippen molar-refractivity contribution < 1.29 is 4.74 Å². The quantitative estimate of drug-likeness (QED) is 0.389. The molecule has 0 radical (unpaired) electrons. The number of benzene rings is 1. The number of aryl methyl sites for hydroxylation is 1. The molecule has 138 valence electrons. The van der Waals surface area contributed by atoms with Crippen molar-refractivity contribution in [2.45, 2.75) is 52.6 Å². The third-order valence-electron chi connectivity index (χ3n) is 5.07. The van der Waals surface area contributed by atoms with Gasteiger partial charge in [0.05, 0.1) is 12.6 Å². The summed E-state index contributed by atoms with van der Waals surface area (Å²) in [5, 5.41) is 3.93. The summed E-state index contributed by atoms with van der Waals surface area (Å²) in [5.41, 5.74) is 4.18. The minimum Gasteiger partial charge on any atom is -0.376 e. The van der Waals surface area contributed by atoms with Crippen LogP contribution in [0.3, 0.4) is 0 Å². The SMILES string of the molecule is Cc1cc(C#CC2CC2)ccc1/C(C=NCC1CC(C)(C)CCO1)=N/N. The Morgan fingerprint density at radius 1 is 1.38 bits per heavy atom. The van der Waals surface area contributed by atoms with Crippen molar-refractivity contribution in [2.75, 3.05) is 13.2 Å². The summed E-state index contributed by atoms with van der Waals surface area (Å²) < 4.78 is 5.83. The Balaban J connectivity index is 1.64. The highest BCUT2D eigenvalue weighted by Crippen LogP contribution is 2.32. The molecule has 3 rings (SSSR count). The predicted octanol–water partition coefficient (Wildman–Crippen LogP) is 3.70. The van der Waals surface area contributed by atoms with Crippen molar-refractivity contribution >= 4 is 11.9 Å². The van der Waals surface area contributed by atoms with Gasteiger partial charge in [0, 0.05) is 29.9 Å². The standard InChI is InChI=1S/C22H29N3O/c1-16-12-18(7-6-17-4-5-17)8-9-20(16)21(25-23)15-24-14-19-13-22(2,3)10-11-26-19/h8-9,12,15,17,19H,4-5,10-11,13-14,23H2,1-3H3/b24-15?,25-21+. The fourth-order valence-electron chi connectivity index (χ4n) is 3.27. The molecule has 26 heavy (non-hydrogen) atoms. The molecule has 2 N–H and O–H groups in total. The van der Waals surface area contributed by atoms with Crippen LogP contribution < -0.4 is 5.84 Å². The van der Waals surface area contributed by atoms with E-state index in [-0.39, 0.29) is 6.10 Å². The number of ether oxygens (including phenoxy) is 1. The smallest absolute Gasteiger partial charge is 0.108 e. The largest absolute Gasteiger partial charge is 0.376 e. The zero-order valence-corrected chi connectivity index (χ0v) is 16.1. The second kappa shape index (κ2) is 8.05. The normalized spacial score (nSPS) is 22.9. The van der Waals surface area contributed by atoms with Crippen LogP contribution in [0.2, 0.25) is 0 Å². The van der Waals surface area contributed by atoms with Crippen molar-refractivity contribution in [2.24, 2.45) is 27.3 Å². The van der Waals surface area contributed by atoms with E-state index in [0.717, 1.165) is 36.1 Å². The molecule has 1 unspecified atom stereocenters. The Morgan fingerprint density at radius 3 is 2.85 bits per heavy atom. The van der Waals surface area contributed by atoms with Gasteiger partial charge in [-0.05, 0) is 55.7 Å². The fraction of sp³-hybridized carbons (Fsp3) is 0.545. The van der Waals surface area contributed by atoms with Crippen molar-refractivity contribution in [3.63, 3.8) is 0 Å². The van der Waals surface area contributed by atoms with Gasteiger partial charge in [-0.15, -0.1) is 0 Å². The molecular weight excluding hydrogens is 322 g/mol. The number of hydrogen-bond donors (Lipinski definition) is 1. The molecule has 1 atom stereocenters. The highest BCUT2D eigenvalue weighted by molar-refractivity contribution is 6.38. The van der Waals surface area contributed by atoms with Gasteiger partial charge in [-0.25, -0.2) is 0 Å².